The zero-order valence-corrected chi connectivity index (χ0v) is 17.3. The summed E-state index contributed by atoms with van der Waals surface area (Å²) >= 11 is 0. The van der Waals surface area contributed by atoms with Gasteiger partial charge in [-0.15, -0.1) is 0 Å². The molecule has 0 unspecified atom stereocenters. The zero-order chi connectivity index (χ0) is 21.3. The van der Waals surface area contributed by atoms with Crippen LogP contribution >= 0.6 is 0 Å². The Bertz CT molecular complexity index is 824. The first-order chi connectivity index (χ1) is 14.6. The quantitative estimate of drug-likeness (QED) is 0.676. The molecule has 1 fully saturated rings. The fraction of sp³-hybridized carbons (Fsp3) is 0.435. The highest BCUT2D eigenvalue weighted by atomic mass is 19.1. The number of amides is 2. The number of rotatable bonds is 8. The number of nitrogens with one attached hydrogen (secondary N) is 2. The molecule has 0 saturated carbocycles. The molecule has 1 saturated heterocycles. The summed E-state index contributed by atoms with van der Waals surface area (Å²) in [6.07, 6.45) is 2.53. The third-order valence-corrected chi connectivity index (χ3v) is 5.21. The molecule has 0 aliphatic carbocycles. The van der Waals surface area contributed by atoms with E-state index in [1.165, 1.54) is 12.1 Å². The van der Waals surface area contributed by atoms with Gasteiger partial charge in [0.05, 0.1) is 13.2 Å². The van der Waals surface area contributed by atoms with Crippen LogP contribution in [0.5, 0.6) is 5.75 Å². The largest absolute Gasteiger partial charge is 0.494 e. The van der Waals surface area contributed by atoms with Gasteiger partial charge in [0.1, 0.15) is 17.4 Å². The van der Waals surface area contributed by atoms with Crippen LogP contribution in [-0.2, 0) is 13.1 Å². The van der Waals surface area contributed by atoms with E-state index < -0.39 is 11.6 Å². The Morgan fingerprint density at radius 2 is 1.90 bits per heavy atom. The highest BCUT2D eigenvalue weighted by Gasteiger charge is 2.26. The van der Waals surface area contributed by atoms with Crippen molar-refractivity contribution in [3.05, 3.63) is 65.2 Å². The van der Waals surface area contributed by atoms with Crippen LogP contribution < -0.4 is 15.4 Å². The molecular weight excluding hydrogens is 388 g/mol. The van der Waals surface area contributed by atoms with Crippen LogP contribution in [0.25, 0.3) is 0 Å². The monoisotopic (exact) mass is 417 g/mol. The molecule has 1 aliphatic rings. The molecule has 1 heterocycles. The van der Waals surface area contributed by atoms with Crippen molar-refractivity contribution >= 4 is 6.03 Å². The molecule has 0 bridgehead atoms. The van der Waals surface area contributed by atoms with Crippen molar-refractivity contribution in [1.82, 2.24) is 15.5 Å². The van der Waals surface area contributed by atoms with Crippen molar-refractivity contribution in [3.8, 4) is 5.75 Å². The molecule has 162 valence electrons. The molecule has 30 heavy (non-hydrogen) atoms. The van der Waals surface area contributed by atoms with Gasteiger partial charge in [0.2, 0.25) is 0 Å². The summed E-state index contributed by atoms with van der Waals surface area (Å²) < 4.78 is 33.0. The van der Waals surface area contributed by atoms with Crippen LogP contribution in [0, 0.1) is 11.6 Å². The number of ether oxygens (including phenoxy) is 1. The van der Waals surface area contributed by atoms with E-state index in [-0.39, 0.29) is 18.6 Å². The fourth-order valence-corrected chi connectivity index (χ4v) is 3.52. The molecule has 2 aromatic carbocycles. The van der Waals surface area contributed by atoms with Crippen molar-refractivity contribution in [3.63, 3.8) is 0 Å². The third-order valence-electron chi connectivity index (χ3n) is 5.21. The summed E-state index contributed by atoms with van der Waals surface area (Å²) in [7, 11) is 0. The Hall–Kier alpha value is -2.67. The first kappa shape index (κ1) is 22.0. The number of hydrogen-bond donors (Lipinski definition) is 2. The van der Waals surface area contributed by atoms with Gasteiger partial charge >= 0.3 is 6.03 Å². The number of hydrogen-bond acceptors (Lipinski definition) is 3. The highest BCUT2D eigenvalue weighted by molar-refractivity contribution is 5.74. The van der Waals surface area contributed by atoms with Crippen LogP contribution in [0.4, 0.5) is 13.6 Å². The number of benzene rings is 2. The Balaban J connectivity index is 1.65. The molecule has 7 heteroatoms. The summed E-state index contributed by atoms with van der Waals surface area (Å²) in [6.45, 7) is 4.79. The molecule has 5 nitrogen and oxygen atoms in total. The van der Waals surface area contributed by atoms with Crippen molar-refractivity contribution in [1.29, 1.82) is 0 Å². The van der Waals surface area contributed by atoms with Gasteiger partial charge in [0.25, 0.3) is 0 Å². The van der Waals surface area contributed by atoms with Gasteiger partial charge in [0.15, 0.2) is 0 Å². The normalized spacial score (nSPS) is 14.4. The van der Waals surface area contributed by atoms with Crippen LogP contribution in [0.3, 0.4) is 0 Å². The smallest absolute Gasteiger partial charge is 0.318 e. The fourth-order valence-electron chi connectivity index (χ4n) is 3.52. The summed E-state index contributed by atoms with van der Waals surface area (Å²) in [5.74, 6) is -0.458. The summed E-state index contributed by atoms with van der Waals surface area (Å²) in [5.41, 5.74) is 1.26. The van der Waals surface area contributed by atoms with Crippen LogP contribution in [0.15, 0.2) is 42.5 Å². The van der Waals surface area contributed by atoms with Crippen molar-refractivity contribution in [2.24, 2.45) is 0 Å². The van der Waals surface area contributed by atoms with E-state index in [4.69, 9.17) is 4.74 Å². The lowest BCUT2D eigenvalue weighted by molar-refractivity contribution is 0.153. The molecule has 0 spiro atoms. The Morgan fingerprint density at radius 3 is 2.57 bits per heavy atom. The molecule has 2 aromatic rings. The highest BCUT2D eigenvalue weighted by Crippen LogP contribution is 2.19. The minimum absolute atomic E-state index is 0.000484. The summed E-state index contributed by atoms with van der Waals surface area (Å²) in [5, 5.41) is 6.21. The maximum absolute atomic E-state index is 14.2. The molecule has 0 radical (unpaired) electrons. The van der Waals surface area contributed by atoms with Gasteiger partial charge < -0.3 is 20.3 Å². The van der Waals surface area contributed by atoms with E-state index in [1.54, 1.807) is 4.90 Å². The average molecular weight is 418 g/mol. The maximum atomic E-state index is 14.2. The molecule has 0 aromatic heterocycles. The second-order valence-corrected chi connectivity index (χ2v) is 7.50. The standard InChI is InChI=1S/C23H29F2N3O2/c1-2-13-30-21-7-3-17(4-8-21)15-27-23(29)28(20-9-11-26-12-10-20)16-18-5-6-19(24)14-22(18)25/h3-8,14,20,26H,2,9-13,15-16H2,1H3,(H,27,29). The van der Waals surface area contributed by atoms with Crippen LogP contribution in [-0.4, -0.2) is 36.7 Å². The predicted octanol–water partition coefficient (Wildman–Crippen LogP) is 4.22. The van der Waals surface area contributed by atoms with Crippen molar-refractivity contribution in [2.75, 3.05) is 19.7 Å². The molecule has 0 atom stereocenters. The Kier molecular flexibility index (Phi) is 8.02. The number of carbonyl (C=O) groups is 1. The third kappa shape index (κ3) is 6.16. The first-order valence-electron chi connectivity index (χ1n) is 10.5. The summed E-state index contributed by atoms with van der Waals surface area (Å²) in [6, 6.07) is 10.8. The lowest BCUT2D eigenvalue weighted by atomic mass is 10.0. The van der Waals surface area contributed by atoms with E-state index in [0.717, 1.165) is 49.7 Å². The molecule has 1 aliphatic heterocycles. The van der Waals surface area contributed by atoms with Gasteiger partial charge in [-0.1, -0.05) is 25.1 Å². The lowest BCUT2D eigenvalue weighted by Crippen LogP contribution is -2.49. The lowest BCUT2D eigenvalue weighted by Gasteiger charge is -2.35. The number of carbonyl (C=O) groups excluding carboxylic acids is 1. The van der Waals surface area contributed by atoms with Gasteiger partial charge in [-0.2, -0.15) is 0 Å². The van der Waals surface area contributed by atoms with Gasteiger partial charge in [0, 0.05) is 24.2 Å². The molecule has 2 amide bonds. The van der Waals surface area contributed by atoms with Crippen LogP contribution in [0.1, 0.15) is 37.3 Å². The number of urea groups is 1. The minimum Gasteiger partial charge on any atom is -0.494 e. The second kappa shape index (κ2) is 10.9. The van der Waals surface area contributed by atoms with E-state index in [2.05, 4.69) is 17.6 Å². The van der Waals surface area contributed by atoms with E-state index in [1.807, 2.05) is 24.3 Å². The molecule has 3 rings (SSSR count). The van der Waals surface area contributed by atoms with E-state index in [9.17, 15) is 13.6 Å². The average Bonchev–Trinajstić information content (AvgIpc) is 2.77. The van der Waals surface area contributed by atoms with Gasteiger partial charge in [-0.25, -0.2) is 13.6 Å². The van der Waals surface area contributed by atoms with Gasteiger partial charge in [-0.3, -0.25) is 0 Å². The molecule has 2 N–H and O–H groups in total. The summed E-state index contributed by atoms with van der Waals surface area (Å²) in [4.78, 5) is 14.6. The Labute approximate surface area is 176 Å². The van der Waals surface area contributed by atoms with Crippen molar-refractivity contribution in [2.45, 2.75) is 45.3 Å². The predicted molar refractivity (Wildman–Crippen MR) is 112 cm³/mol. The number of halogens is 2. The van der Waals surface area contributed by atoms with E-state index in [0.29, 0.717) is 18.7 Å². The van der Waals surface area contributed by atoms with Crippen LogP contribution in [0.2, 0.25) is 0 Å². The minimum atomic E-state index is -0.635. The molecular formula is C23H29F2N3O2. The topological polar surface area (TPSA) is 53.6 Å². The maximum Gasteiger partial charge on any atom is 0.318 e. The second-order valence-electron chi connectivity index (χ2n) is 7.50. The SMILES string of the molecule is CCCOc1ccc(CNC(=O)N(Cc2ccc(F)cc2F)C2CCNCC2)cc1. The van der Waals surface area contributed by atoms with E-state index >= 15 is 0 Å². The van der Waals surface area contributed by atoms with Crippen molar-refractivity contribution < 1.29 is 18.3 Å². The number of piperidine rings is 1. The van der Waals surface area contributed by atoms with Gasteiger partial charge in [-0.05, 0) is 56.1 Å². The number of nitrogens with zero attached hydrogens (tertiary/aromatic N) is 1. The zero-order valence-electron chi connectivity index (χ0n) is 17.3. The Morgan fingerprint density at radius 1 is 1.17 bits per heavy atom. The first-order valence-corrected chi connectivity index (χ1v) is 10.5.